The summed E-state index contributed by atoms with van der Waals surface area (Å²) in [4.78, 5) is 32.3. The molecule has 3 heterocycles. The lowest BCUT2D eigenvalue weighted by Crippen LogP contribution is -2.28. The highest BCUT2D eigenvalue weighted by molar-refractivity contribution is 7.99. The van der Waals surface area contributed by atoms with E-state index in [1.807, 2.05) is 38.3 Å². The zero-order chi connectivity index (χ0) is 18.1. The quantitative estimate of drug-likeness (QED) is 0.531. The van der Waals surface area contributed by atoms with Crippen LogP contribution >= 0.6 is 34.4 Å². The van der Waals surface area contributed by atoms with Crippen molar-refractivity contribution in [3.63, 3.8) is 0 Å². The number of fused-ring (bicyclic) bond motifs is 1. The van der Waals surface area contributed by atoms with Crippen molar-refractivity contribution in [1.29, 1.82) is 0 Å². The third kappa shape index (κ3) is 3.65. The molecule has 0 fully saturated rings. The van der Waals surface area contributed by atoms with E-state index in [4.69, 9.17) is 0 Å². The lowest BCUT2D eigenvalue weighted by molar-refractivity contribution is -0.119. The Kier molecular flexibility index (Phi) is 5.31. The molecular formula is C17H19N3O2S3. The standard InChI is InChI=1S/C17H19N3O2S3/c1-9-11(3)25-15-14(9)16(22)20(4)17(19-15)24-8-13(21)18-10(2)12-6-5-7-23-12/h5-7,10H,8H2,1-4H3,(H,18,21). The molecule has 132 valence electrons. The van der Waals surface area contributed by atoms with Gasteiger partial charge in [0.15, 0.2) is 5.16 Å². The number of nitrogens with one attached hydrogen (secondary N) is 1. The molecule has 1 N–H and O–H groups in total. The van der Waals surface area contributed by atoms with Crippen molar-refractivity contribution in [2.75, 3.05) is 5.75 Å². The van der Waals surface area contributed by atoms with E-state index in [2.05, 4.69) is 10.3 Å². The van der Waals surface area contributed by atoms with Crippen LogP contribution in [0.3, 0.4) is 0 Å². The Balaban J connectivity index is 1.74. The van der Waals surface area contributed by atoms with E-state index in [1.54, 1.807) is 18.4 Å². The van der Waals surface area contributed by atoms with Gasteiger partial charge in [-0.3, -0.25) is 14.2 Å². The maximum atomic E-state index is 12.6. The maximum absolute atomic E-state index is 12.6. The summed E-state index contributed by atoms with van der Waals surface area (Å²) in [6, 6.07) is 3.95. The fraction of sp³-hybridized carbons (Fsp3) is 0.353. The number of aryl methyl sites for hydroxylation is 2. The number of aromatic nitrogens is 2. The molecule has 0 saturated carbocycles. The number of thiophene rings is 2. The minimum absolute atomic E-state index is 0.0186. The van der Waals surface area contributed by atoms with Gasteiger partial charge in [0.05, 0.1) is 17.2 Å². The highest BCUT2D eigenvalue weighted by Gasteiger charge is 2.16. The second-order valence-electron chi connectivity index (χ2n) is 5.82. The lowest BCUT2D eigenvalue weighted by atomic mass is 10.2. The zero-order valence-corrected chi connectivity index (χ0v) is 16.9. The van der Waals surface area contributed by atoms with Crippen LogP contribution in [0, 0.1) is 13.8 Å². The Morgan fingerprint density at radius 1 is 1.44 bits per heavy atom. The van der Waals surface area contributed by atoms with E-state index >= 15 is 0 Å². The molecule has 0 aliphatic rings. The highest BCUT2D eigenvalue weighted by atomic mass is 32.2. The molecule has 0 aliphatic heterocycles. The van der Waals surface area contributed by atoms with Crippen molar-refractivity contribution in [3.05, 3.63) is 43.2 Å². The number of hydrogen-bond donors (Lipinski definition) is 1. The molecule has 0 saturated heterocycles. The summed E-state index contributed by atoms with van der Waals surface area (Å²) >= 11 is 4.43. The molecule has 0 radical (unpaired) electrons. The van der Waals surface area contributed by atoms with Gasteiger partial charge in [-0.25, -0.2) is 4.98 Å². The first-order chi connectivity index (χ1) is 11.9. The van der Waals surface area contributed by atoms with Gasteiger partial charge in [-0.15, -0.1) is 22.7 Å². The molecule has 5 nitrogen and oxygen atoms in total. The van der Waals surface area contributed by atoms with Crippen LogP contribution in [0.2, 0.25) is 0 Å². The van der Waals surface area contributed by atoms with Crippen molar-refractivity contribution in [2.24, 2.45) is 7.05 Å². The third-order valence-corrected chi connectivity index (χ3v) is 7.24. The molecule has 0 aliphatic carbocycles. The number of nitrogens with zero attached hydrogens (tertiary/aromatic N) is 2. The van der Waals surface area contributed by atoms with Gasteiger partial charge >= 0.3 is 0 Å². The molecule has 1 atom stereocenters. The predicted molar refractivity (Wildman–Crippen MR) is 106 cm³/mol. The van der Waals surface area contributed by atoms with Crippen LogP contribution in [0.4, 0.5) is 0 Å². The van der Waals surface area contributed by atoms with Crippen molar-refractivity contribution in [3.8, 4) is 0 Å². The van der Waals surface area contributed by atoms with Crippen LogP contribution in [-0.2, 0) is 11.8 Å². The largest absolute Gasteiger partial charge is 0.348 e. The first-order valence-corrected chi connectivity index (χ1v) is 10.5. The number of amides is 1. The van der Waals surface area contributed by atoms with E-state index in [0.29, 0.717) is 10.5 Å². The predicted octanol–water partition coefficient (Wildman–Crippen LogP) is 3.64. The number of carbonyl (C=O) groups excluding carboxylic acids is 1. The number of hydrogen-bond acceptors (Lipinski definition) is 6. The molecule has 3 aromatic rings. The molecule has 1 unspecified atom stereocenters. The number of rotatable bonds is 5. The molecule has 3 rings (SSSR count). The van der Waals surface area contributed by atoms with Gasteiger partial charge in [-0.05, 0) is 37.8 Å². The second kappa shape index (κ2) is 7.31. The summed E-state index contributed by atoms with van der Waals surface area (Å²) < 4.78 is 1.53. The van der Waals surface area contributed by atoms with Crippen molar-refractivity contribution < 1.29 is 4.79 Å². The molecule has 0 spiro atoms. The smallest absolute Gasteiger partial charge is 0.262 e. The van der Waals surface area contributed by atoms with Gasteiger partial charge < -0.3 is 5.32 Å². The van der Waals surface area contributed by atoms with Crippen molar-refractivity contribution >= 4 is 50.6 Å². The van der Waals surface area contributed by atoms with Gasteiger partial charge in [0.1, 0.15) is 4.83 Å². The van der Waals surface area contributed by atoms with Crippen LogP contribution in [0.25, 0.3) is 10.2 Å². The highest BCUT2D eigenvalue weighted by Crippen LogP contribution is 2.28. The Labute approximate surface area is 158 Å². The van der Waals surface area contributed by atoms with E-state index in [1.165, 1.54) is 27.7 Å². The molecule has 8 heteroatoms. The Bertz CT molecular complexity index is 973. The molecular weight excluding hydrogens is 374 g/mol. The van der Waals surface area contributed by atoms with Crippen LogP contribution in [0.5, 0.6) is 0 Å². The van der Waals surface area contributed by atoms with Crippen LogP contribution < -0.4 is 10.9 Å². The van der Waals surface area contributed by atoms with Crippen LogP contribution in [0.15, 0.2) is 27.5 Å². The first kappa shape index (κ1) is 18.2. The number of thioether (sulfide) groups is 1. The van der Waals surface area contributed by atoms with E-state index in [-0.39, 0.29) is 23.3 Å². The summed E-state index contributed by atoms with van der Waals surface area (Å²) in [5.74, 6) is 0.156. The van der Waals surface area contributed by atoms with Crippen molar-refractivity contribution in [2.45, 2.75) is 32.0 Å². The van der Waals surface area contributed by atoms with Crippen molar-refractivity contribution in [1.82, 2.24) is 14.9 Å². The fourth-order valence-electron chi connectivity index (χ4n) is 2.51. The molecule has 0 aromatic carbocycles. The van der Waals surface area contributed by atoms with E-state index in [0.717, 1.165) is 20.1 Å². The van der Waals surface area contributed by atoms with Crippen LogP contribution in [0.1, 0.15) is 28.3 Å². The van der Waals surface area contributed by atoms with Gasteiger partial charge in [0, 0.05) is 16.8 Å². The Morgan fingerprint density at radius 2 is 2.20 bits per heavy atom. The zero-order valence-electron chi connectivity index (χ0n) is 14.5. The lowest BCUT2D eigenvalue weighted by Gasteiger charge is -2.12. The van der Waals surface area contributed by atoms with Gasteiger partial charge in [-0.2, -0.15) is 0 Å². The van der Waals surface area contributed by atoms with E-state index in [9.17, 15) is 9.59 Å². The molecule has 0 bridgehead atoms. The second-order valence-corrected chi connectivity index (χ2v) is 8.94. The Hall–Kier alpha value is -1.64. The summed E-state index contributed by atoms with van der Waals surface area (Å²) in [6.45, 7) is 5.91. The minimum Gasteiger partial charge on any atom is -0.348 e. The minimum atomic E-state index is -0.0706. The maximum Gasteiger partial charge on any atom is 0.262 e. The summed E-state index contributed by atoms with van der Waals surface area (Å²) in [5, 5.41) is 6.22. The molecule has 1 amide bonds. The molecule has 3 aromatic heterocycles. The topological polar surface area (TPSA) is 64.0 Å². The summed E-state index contributed by atoms with van der Waals surface area (Å²) in [5.41, 5.74) is 0.939. The number of carbonyl (C=O) groups is 1. The average molecular weight is 394 g/mol. The third-order valence-electron chi connectivity index (χ3n) is 4.05. The van der Waals surface area contributed by atoms with Gasteiger partial charge in [0.25, 0.3) is 5.56 Å². The van der Waals surface area contributed by atoms with Gasteiger partial charge in [0.2, 0.25) is 5.91 Å². The Morgan fingerprint density at radius 3 is 2.88 bits per heavy atom. The van der Waals surface area contributed by atoms with E-state index < -0.39 is 0 Å². The average Bonchev–Trinajstić information content (AvgIpc) is 3.19. The summed E-state index contributed by atoms with van der Waals surface area (Å²) in [6.07, 6.45) is 0. The first-order valence-electron chi connectivity index (χ1n) is 7.80. The van der Waals surface area contributed by atoms with Gasteiger partial charge in [-0.1, -0.05) is 17.8 Å². The fourth-order valence-corrected chi connectivity index (χ4v) is 5.10. The summed E-state index contributed by atoms with van der Waals surface area (Å²) in [7, 11) is 1.70. The van der Waals surface area contributed by atoms with Crippen LogP contribution in [-0.4, -0.2) is 21.2 Å². The normalized spacial score (nSPS) is 12.5. The SMILES string of the molecule is Cc1sc2nc(SCC(=O)NC(C)c3cccs3)n(C)c(=O)c2c1C. The molecule has 25 heavy (non-hydrogen) atoms. The monoisotopic (exact) mass is 393 g/mol.